The second kappa shape index (κ2) is 7.05. The highest BCUT2D eigenvalue weighted by atomic mass is 16.1. The lowest BCUT2D eigenvalue weighted by Gasteiger charge is -2.24. The number of Topliss-reactive ketones (excluding diaryl/α,β-unsaturated/α-hetero) is 1. The van der Waals surface area contributed by atoms with Crippen molar-refractivity contribution in [3.63, 3.8) is 0 Å². The average molecular weight is 225 g/mol. The zero-order valence-corrected chi connectivity index (χ0v) is 11.2. The summed E-state index contributed by atoms with van der Waals surface area (Å²) >= 11 is 0. The van der Waals surface area contributed by atoms with Gasteiger partial charge in [-0.05, 0) is 25.8 Å². The van der Waals surface area contributed by atoms with E-state index in [0.717, 1.165) is 38.3 Å². The molecule has 1 aliphatic carbocycles. The molecule has 0 aromatic carbocycles. The zero-order chi connectivity index (χ0) is 12.0. The number of carbonyl (C=O) groups is 1. The molecule has 0 spiro atoms. The first kappa shape index (κ1) is 13.7. The molecule has 2 unspecified atom stereocenters. The minimum absolute atomic E-state index is 0.316. The molecule has 0 radical (unpaired) electrons. The van der Waals surface area contributed by atoms with E-state index in [2.05, 4.69) is 25.8 Å². The Balaban J connectivity index is 2.35. The van der Waals surface area contributed by atoms with Gasteiger partial charge in [0.2, 0.25) is 0 Å². The van der Waals surface area contributed by atoms with E-state index in [9.17, 15) is 4.79 Å². The van der Waals surface area contributed by atoms with Crippen molar-refractivity contribution in [2.45, 2.75) is 52.4 Å². The van der Waals surface area contributed by atoms with Crippen molar-refractivity contribution < 1.29 is 4.79 Å². The summed E-state index contributed by atoms with van der Waals surface area (Å²) in [5.74, 6) is 1.57. The third-order valence-corrected chi connectivity index (χ3v) is 3.78. The van der Waals surface area contributed by atoms with Crippen LogP contribution in [-0.4, -0.2) is 30.8 Å². The first-order valence-corrected chi connectivity index (χ1v) is 6.84. The maximum atomic E-state index is 11.9. The fraction of sp³-hybridized carbons (Fsp3) is 0.929. The quantitative estimate of drug-likeness (QED) is 0.670. The predicted molar refractivity (Wildman–Crippen MR) is 68.5 cm³/mol. The monoisotopic (exact) mass is 225 g/mol. The van der Waals surface area contributed by atoms with Crippen molar-refractivity contribution in [1.29, 1.82) is 0 Å². The van der Waals surface area contributed by atoms with Crippen LogP contribution in [0.25, 0.3) is 0 Å². The van der Waals surface area contributed by atoms with E-state index in [1.165, 1.54) is 19.3 Å². The van der Waals surface area contributed by atoms with Gasteiger partial charge in [-0.15, -0.1) is 0 Å². The topological polar surface area (TPSA) is 20.3 Å². The highest BCUT2D eigenvalue weighted by molar-refractivity contribution is 5.81. The van der Waals surface area contributed by atoms with Crippen LogP contribution in [0.4, 0.5) is 0 Å². The van der Waals surface area contributed by atoms with Crippen LogP contribution in [0.5, 0.6) is 0 Å². The Morgan fingerprint density at radius 2 is 2.12 bits per heavy atom. The van der Waals surface area contributed by atoms with Crippen molar-refractivity contribution >= 4 is 5.78 Å². The van der Waals surface area contributed by atoms with Crippen LogP contribution in [0.2, 0.25) is 0 Å². The molecule has 0 saturated heterocycles. The maximum Gasteiger partial charge on any atom is 0.137 e. The van der Waals surface area contributed by atoms with Gasteiger partial charge in [-0.3, -0.25) is 4.79 Å². The summed E-state index contributed by atoms with van der Waals surface area (Å²) in [5.41, 5.74) is 0. The molecule has 94 valence electrons. The van der Waals surface area contributed by atoms with Gasteiger partial charge in [0.1, 0.15) is 5.78 Å². The molecule has 0 heterocycles. The molecule has 1 aliphatic rings. The van der Waals surface area contributed by atoms with Gasteiger partial charge in [-0.2, -0.15) is 0 Å². The zero-order valence-electron chi connectivity index (χ0n) is 11.2. The molecule has 16 heavy (non-hydrogen) atoms. The molecule has 0 aliphatic heterocycles. The van der Waals surface area contributed by atoms with E-state index in [4.69, 9.17) is 0 Å². The number of rotatable bonds is 5. The standard InChI is InChI=1S/C14H27NO/c1-4-12(2)10-15(3)11-13-8-6-5-7-9-14(13)16/h12-13H,4-11H2,1-3H3. The first-order chi connectivity index (χ1) is 7.63. The third kappa shape index (κ3) is 4.65. The Hall–Kier alpha value is -0.370. The summed E-state index contributed by atoms with van der Waals surface area (Å²) < 4.78 is 0. The van der Waals surface area contributed by atoms with E-state index in [-0.39, 0.29) is 0 Å². The van der Waals surface area contributed by atoms with E-state index in [1.54, 1.807) is 0 Å². The highest BCUT2D eigenvalue weighted by Gasteiger charge is 2.22. The van der Waals surface area contributed by atoms with Crippen molar-refractivity contribution in [2.24, 2.45) is 11.8 Å². The molecule has 0 amide bonds. The molecule has 1 saturated carbocycles. The summed E-state index contributed by atoms with van der Waals surface area (Å²) in [6.45, 7) is 6.62. The van der Waals surface area contributed by atoms with Gasteiger partial charge >= 0.3 is 0 Å². The Morgan fingerprint density at radius 3 is 2.81 bits per heavy atom. The molecule has 2 heteroatoms. The van der Waals surface area contributed by atoms with Crippen molar-refractivity contribution in [2.75, 3.05) is 20.1 Å². The minimum Gasteiger partial charge on any atom is -0.305 e. The highest BCUT2D eigenvalue weighted by Crippen LogP contribution is 2.21. The van der Waals surface area contributed by atoms with Gasteiger partial charge < -0.3 is 4.90 Å². The van der Waals surface area contributed by atoms with Crippen LogP contribution in [-0.2, 0) is 4.79 Å². The van der Waals surface area contributed by atoms with Gasteiger partial charge in [0.15, 0.2) is 0 Å². The number of ketones is 1. The molecule has 0 aromatic heterocycles. The molecule has 2 nitrogen and oxygen atoms in total. The van der Waals surface area contributed by atoms with E-state index in [0.29, 0.717) is 11.7 Å². The Labute approximate surface area is 100 Å². The van der Waals surface area contributed by atoms with Gasteiger partial charge in [-0.25, -0.2) is 0 Å². The molecule has 0 aromatic rings. The van der Waals surface area contributed by atoms with Gasteiger partial charge in [0.25, 0.3) is 0 Å². The van der Waals surface area contributed by atoms with Crippen LogP contribution in [0.15, 0.2) is 0 Å². The second-order valence-corrected chi connectivity index (χ2v) is 5.50. The fourth-order valence-electron chi connectivity index (χ4n) is 2.54. The largest absolute Gasteiger partial charge is 0.305 e. The van der Waals surface area contributed by atoms with Crippen LogP contribution in [0.1, 0.15) is 52.4 Å². The van der Waals surface area contributed by atoms with Crippen molar-refractivity contribution in [3.8, 4) is 0 Å². The molecular formula is C14H27NO. The molecule has 1 fully saturated rings. The molecule has 1 rings (SSSR count). The number of carbonyl (C=O) groups excluding carboxylic acids is 1. The van der Waals surface area contributed by atoms with Crippen LogP contribution >= 0.6 is 0 Å². The number of nitrogens with zero attached hydrogens (tertiary/aromatic N) is 1. The van der Waals surface area contributed by atoms with E-state index < -0.39 is 0 Å². The smallest absolute Gasteiger partial charge is 0.137 e. The lowest BCUT2D eigenvalue weighted by atomic mass is 9.98. The van der Waals surface area contributed by atoms with Crippen molar-refractivity contribution in [3.05, 3.63) is 0 Å². The maximum absolute atomic E-state index is 11.9. The number of hydrogen-bond acceptors (Lipinski definition) is 2. The molecule has 0 bridgehead atoms. The summed E-state index contributed by atoms with van der Waals surface area (Å²) in [6.07, 6.45) is 6.77. The Kier molecular flexibility index (Phi) is 6.04. The van der Waals surface area contributed by atoms with Crippen LogP contribution in [0.3, 0.4) is 0 Å². The first-order valence-electron chi connectivity index (χ1n) is 6.84. The van der Waals surface area contributed by atoms with Crippen LogP contribution in [0, 0.1) is 11.8 Å². The molecule has 0 N–H and O–H groups in total. The van der Waals surface area contributed by atoms with E-state index in [1.807, 2.05) is 0 Å². The minimum atomic E-state index is 0.316. The summed E-state index contributed by atoms with van der Waals surface area (Å²) in [5, 5.41) is 0. The second-order valence-electron chi connectivity index (χ2n) is 5.50. The summed E-state index contributed by atoms with van der Waals surface area (Å²) in [6, 6.07) is 0. The molecular weight excluding hydrogens is 198 g/mol. The van der Waals surface area contributed by atoms with E-state index >= 15 is 0 Å². The Morgan fingerprint density at radius 1 is 1.38 bits per heavy atom. The van der Waals surface area contributed by atoms with Gasteiger partial charge in [-0.1, -0.05) is 33.1 Å². The lowest BCUT2D eigenvalue weighted by molar-refractivity contribution is -0.123. The van der Waals surface area contributed by atoms with Gasteiger partial charge in [0, 0.05) is 25.4 Å². The summed E-state index contributed by atoms with van der Waals surface area (Å²) in [4.78, 5) is 14.2. The lowest BCUT2D eigenvalue weighted by Crippen LogP contribution is -2.32. The number of hydrogen-bond donors (Lipinski definition) is 0. The van der Waals surface area contributed by atoms with Crippen molar-refractivity contribution in [1.82, 2.24) is 4.90 Å². The molecule has 2 atom stereocenters. The third-order valence-electron chi connectivity index (χ3n) is 3.78. The SMILES string of the molecule is CCC(C)CN(C)CC1CCCCCC1=O. The Bertz CT molecular complexity index is 215. The summed E-state index contributed by atoms with van der Waals surface area (Å²) in [7, 11) is 2.16. The van der Waals surface area contributed by atoms with Gasteiger partial charge in [0.05, 0.1) is 0 Å². The normalized spacial score (nSPS) is 24.5. The fourth-order valence-corrected chi connectivity index (χ4v) is 2.54. The van der Waals surface area contributed by atoms with Crippen LogP contribution < -0.4 is 0 Å². The predicted octanol–water partition coefficient (Wildman–Crippen LogP) is 3.11. The average Bonchev–Trinajstić information content (AvgIpc) is 2.44.